The lowest BCUT2D eigenvalue weighted by molar-refractivity contribution is -0.675. The lowest BCUT2D eigenvalue weighted by Gasteiger charge is -2.41. The third-order valence-corrected chi connectivity index (χ3v) is 4.66. The summed E-state index contributed by atoms with van der Waals surface area (Å²) >= 11 is 0. The molecule has 0 radical (unpaired) electrons. The molecule has 158 valence electrons. The Labute approximate surface area is 168 Å². The molecular weight excluding hydrogens is 407 g/mol. The Balaban J connectivity index is 2.02. The van der Waals surface area contributed by atoms with Crippen molar-refractivity contribution in [3.05, 3.63) is 29.5 Å². The van der Waals surface area contributed by atoms with E-state index in [-0.39, 0.29) is 34.0 Å². The van der Waals surface area contributed by atoms with Crippen molar-refractivity contribution in [1.82, 2.24) is 0 Å². The second-order valence-corrected chi connectivity index (χ2v) is 6.93. The van der Waals surface area contributed by atoms with Crippen molar-refractivity contribution in [2.75, 3.05) is 7.11 Å². The first-order valence-electron chi connectivity index (χ1n) is 9.03. The number of carbonyl (C=O) groups excluding carboxylic acids is 3. The smallest absolute Gasteiger partial charge is 0.610 e. The predicted octanol–water partition coefficient (Wildman–Crippen LogP) is 1.86. The van der Waals surface area contributed by atoms with Crippen LogP contribution in [0.5, 0.6) is 11.5 Å². The van der Waals surface area contributed by atoms with E-state index in [1.165, 1.54) is 13.3 Å². The number of ether oxygens (including phenoxy) is 1. The Bertz CT molecular complexity index is 1100. The van der Waals surface area contributed by atoms with Gasteiger partial charge in [0.15, 0.2) is 23.6 Å². The van der Waals surface area contributed by atoms with Crippen LogP contribution in [0.15, 0.2) is 12.3 Å². The van der Waals surface area contributed by atoms with Crippen molar-refractivity contribution in [3.8, 4) is 11.5 Å². The quantitative estimate of drug-likeness (QED) is 0.543. The fourth-order valence-electron chi connectivity index (χ4n) is 3.42. The second kappa shape index (κ2) is 6.82. The van der Waals surface area contributed by atoms with Crippen molar-refractivity contribution >= 4 is 35.8 Å². The highest BCUT2D eigenvalue weighted by Crippen LogP contribution is 2.42. The molecule has 1 aromatic carbocycles. The summed E-state index contributed by atoms with van der Waals surface area (Å²) < 4.78 is 55.7. The highest BCUT2D eigenvalue weighted by atomic mass is 19.2. The molecule has 12 heteroatoms. The first-order valence-corrected chi connectivity index (χ1v) is 9.03. The number of pyridine rings is 1. The summed E-state index contributed by atoms with van der Waals surface area (Å²) in [7, 11) is 1.18. The third-order valence-electron chi connectivity index (χ3n) is 4.66. The van der Waals surface area contributed by atoms with E-state index in [0.29, 0.717) is 0 Å². The average Bonchev–Trinajstić information content (AvgIpc) is 3.46. The van der Waals surface area contributed by atoms with E-state index in [1.807, 2.05) is 0 Å². The van der Waals surface area contributed by atoms with Gasteiger partial charge in [-0.1, -0.05) is 0 Å². The summed E-state index contributed by atoms with van der Waals surface area (Å²) in [5, 5.41) is -0.0441. The first-order chi connectivity index (χ1) is 14.2. The van der Waals surface area contributed by atoms with Crippen LogP contribution in [-0.2, 0) is 23.6 Å². The standard InChI is InChI=1S/C18H16BF2NO8/c1-8(23)27-19(28-9(2)24)29-16-11-6-13(20)14(21)17(26-3)15(11)22(10-4-5-10)7-12(16)18(25)30-19/h6-7,10H,4-5H2,1-3H3. The van der Waals surface area contributed by atoms with Gasteiger partial charge in [-0.25, -0.2) is 4.39 Å². The van der Waals surface area contributed by atoms with E-state index in [2.05, 4.69) is 0 Å². The molecule has 0 bridgehead atoms. The van der Waals surface area contributed by atoms with Crippen molar-refractivity contribution in [1.29, 1.82) is 0 Å². The van der Waals surface area contributed by atoms with E-state index in [9.17, 15) is 23.2 Å². The largest absolute Gasteiger partial charge is 0.782 e. The molecule has 30 heavy (non-hydrogen) atoms. The number of carbonyl (C=O) groups is 3. The third kappa shape index (κ3) is 3.17. The number of hydrogen-bond acceptors (Lipinski definition) is 8. The van der Waals surface area contributed by atoms with Gasteiger partial charge >= 0.3 is 12.9 Å². The topological polar surface area (TPSA) is 101 Å². The second-order valence-electron chi connectivity index (χ2n) is 6.93. The summed E-state index contributed by atoms with van der Waals surface area (Å²) in [4.78, 5) is 35.8. The molecule has 0 spiro atoms. The number of benzene rings is 1. The fourth-order valence-corrected chi connectivity index (χ4v) is 3.42. The molecule has 1 fully saturated rings. The molecule has 4 rings (SSSR count). The highest BCUT2D eigenvalue weighted by molar-refractivity contribution is 6.61. The van der Waals surface area contributed by atoms with Crippen LogP contribution in [0.1, 0.15) is 43.1 Å². The number of rotatable bonds is 4. The van der Waals surface area contributed by atoms with Crippen LogP contribution in [0.3, 0.4) is 0 Å². The Hall–Kier alpha value is -3.44. The molecular formula is C18H16BF2NO8. The molecule has 9 nitrogen and oxygen atoms in total. The molecule has 0 saturated heterocycles. The maximum atomic E-state index is 14.4. The maximum Gasteiger partial charge on any atom is 0.782 e. The van der Waals surface area contributed by atoms with Crippen LogP contribution in [0.4, 0.5) is 8.78 Å². The van der Waals surface area contributed by atoms with Crippen molar-refractivity contribution in [3.63, 3.8) is 0 Å². The molecule has 2 aromatic rings. The summed E-state index contributed by atoms with van der Waals surface area (Å²) in [6, 6.07) is 0.759. The number of fused-ring (bicyclic) bond motifs is 3. The van der Waals surface area contributed by atoms with Crippen LogP contribution < -0.4 is 14.0 Å². The van der Waals surface area contributed by atoms with E-state index >= 15 is 0 Å². The summed E-state index contributed by atoms with van der Waals surface area (Å²) in [6.07, 6.45) is 2.87. The molecule has 2 aliphatic rings. The van der Waals surface area contributed by atoms with Gasteiger partial charge in [0.1, 0.15) is 5.75 Å². The monoisotopic (exact) mass is 423 g/mol. The SMILES string of the molecule is COc1c(F)c(F)cc2c3c(c[n+](C4CC4)c12)C(=O)O[B-](OC(C)=O)(OC(C)=O)O3. The van der Waals surface area contributed by atoms with Gasteiger partial charge in [-0.3, -0.25) is 14.4 Å². The molecule has 1 aliphatic heterocycles. The van der Waals surface area contributed by atoms with Gasteiger partial charge in [-0.15, -0.1) is 0 Å². The number of halogens is 2. The van der Waals surface area contributed by atoms with Gasteiger partial charge in [0.25, 0.3) is 17.5 Å². The zero-order valence-electron chi connectivity index (χ0n) is 16.2. The van der Waals surface area contributed by atoms with E-state index in [4.69, 9.17) is 23.4 Å². The van der Waals surface area contributed by atoms with Crippen LogP contribution in [0, 0.1) is 11.6 Å². The van der Waals surface area contributed by atoms with Gasteiger partial charge < -0.3 is 23.4 Å². The predicted molar refractivity (Wildman–Crippen MR) is 94.2 cm³/mol. The minimum atomic E-state index is -3.66. The van der Waals surface area contributed by atoms with Crippen LogP contribution in [0.25, 0.3) is 10.9 Å². The number of methoxy groups -OCH3 is 1. The molecule has 1 aliphatic carbocycles. The van der Waals surface area contributed by atoms with Crippen LogP contribution >= 0.6 is 0 Å². The van der Waals surface area contributed by atoms with Gasteiger partial charge in [0, 0.05) is 26.7 Å². The lowest BCUT2D eigenvalue weighted by atomic mass is 9.98. The maximum absolute atomic E-state index is 14.4. The zero-order valence-corrected chi connectivity index (χ0v) is 16.2. The highest BCUT2D eigenvalue weighted by Gasteiger charge is 2.52. The van der Waals surface area contributed by atoms with Crippen molar-refractivity contribution in [2.24, 2.45) is 0 Å². The Morgan fingerprint density at radius 3 is 2.33 bits per heavy atom. The Morgan fingerprint density at radius 1 is 1.17 bits per heavy atom. The zero-order chi connectivity index (χ0) is 21.8. The van der Waals surface area contributed by atoms with Crippen LogP contribution in [0.2, 0.25) is 0 Å². The fraction of sp³-hybridized carbons (Fsp3) is 0.333. The Kier molecular flexibility index (Phi) is 4.51. The molecule has 0 unspecified atom stereocenters. The molecule has 1 aromatic heterocycles. The van der Waals surface area contributed by atoms with Crippen molar-refractivity contribution < 1.29 is 51.1 Å². The first kappa shape index (κ1) is 19.9. The van der Waals surface area contributed by atoms with Gasteiger partial charge in [-0.05, 0) is 6.07 Å². The average molecular weight is 423 g/mol. The number of nitrogens with zero attached hydrogens (tertiary/aromatic N) is 1. The van der Waals surface area contributed by atoms with Gasteiger partial charge in [0.05, 0.1) is 12.5 Å². The van der Waals surface area contributed by atoms with E-state index < -0.39 is 36.5 Å². The molecule has 1 saturated carbocycles. The minimum absolute atomic E-state index is 0.0441. The number of aromatic nitrogens is 1. The Morgan fingerprint density at radius 2 is 1.80 bits per heavy atom. The normalized spacial score (nSPS) is 16.9. The molecule has 0 amide bonds. The summed E-state index contributed by atoms with van der Waals surface area (Å²) in [6.45, 7) is -1.68. The summed E-state index contributed by atoms with van der Waals surface area (Å²) in [5.41, 5.74) is -0.0121. The van der Waals surface area contributed by atoms with Gasteiger partial charge in [0.2, 0.25) is 11.6 Å². The van der Waals surface area contributed by atoms with Gasteiger partial charge in [-0.2, -0.15) is 8.96 Å². The molecule has 2 heterocycles. The number of hydrogen-bond donors (Lipinski definition) is 0. The van der Waals surface area contributed by atoms with Crippen molar-refractivity contribution in [2.45, 2.75) is 32.7 Å². The summed E-state index contributed by atoms with van der Waals surface area (Å²) in [5.74, 6) is -6.10. The van der Waals surface area contributed by atoms with E-state index in [1.54, 1.807) is 4.57 Å². The molecule has 0 N–H and O–H groups in total. The van der Waals surface area contributed by atoms with E-state index in [0.717, 1.165) is 32.8 Å². The van der Waals surface area contributed by atoms with Crippen LogP contribution in [-0.4, -0.2) is 32.0 Å². The lowest BCUT2D eigenvalue weighted by Crippen LogP contribution is -2.58. The minimum Gasteiger partial charge on any atom is -0.610 e. The molecule has 0 atom stereocenters.